The quantitative estimate of drug-likeness (QED) is 0.923. The van der Waals surface area contributed by atoms with E-state index in [0.29, 0.717) is 23.9 Å². The molecule has 20 heavy (non-hydrogen) atoms. The molecule has 7 heteroatoms. The van der Waals surface area contributed by atoms with Crippen molar-refractivity contribution in [3.05, 3.63) is 30.0 Å². The second-order valence-electron chi connectivity index (χ2n) is 4.94. The van der Waals surface area contributed by atoms with Crippen LogP contribution in [-0.4, -0.2) is 38.2 Å². The van der Waals surface area contributed by atoms with Crippen LogP contribution in [0.25, 0.3) is 0 Å². The van der Waals surface area contributed by atoms with E-state index in [9.17, 15) is 4.39 Å². The molecule has 1 aliphatic rings. The third-order valence-electron chi connectivity index (χ3n) is 3.79. The van der Waals surface area contributed by atoms with E-state index < -0.39 is 0 Å². The molecule has 1 N–H and O–H groups in total. The fourth-order valence-corrected chi connectivity index (χ4v) is 2.64. The van der Waals surface area contributed by atoms with Gasteiger partial charge in [0.25, 0.3) is 0 Å². The molecule has 3 rings (SSSR count). The van der Waals surface area contributed by atoms with Crippen molar-refractivity contribution in [2.75, 3.05) is 18.0 Å². The minimum atomic E-state index is -0.284. The number of hydrogen-bond acceptors (Lipinski definition) is 5. The van der Waals surface area contributed by atoms with Gasteiger partial charge in [-0.1, -0.05) is 6.92 Å². The molecule has 2 aromatic rings. The zero-order valence-electron chi connectivity index (χ0n) is 11.4. The highest BCUT2D eigenvalue weighted by Gasteiger charge is 2.25. The summed E-state index contributed by atoms with van der Waals surface area (Å²) in [5, 5.41) is 6.79. The summed E-state index contributed by atoms with van der Waals surface area (Å²) >= 11 is 0. The lowest BCUT2D eigenvalue weighted by Crippen LogP contribution is -2.34. The molecule has 0 spiro atoms. The lowest BCUT2D eigenvalue weighted by molar-refractivity contribution is 0.475. The predicted octanol–water partition coefficient (Wildman–Crippen LogP) is 1.68. The van der Waals surface area contributed by atoms with Gasteiger partial charge in [-0.3, -0.25) is 5.10 Å². The van der Waals surface area contributed by atoms with E-state index in [-0.39, 0.29) is 5.82 Å². The molecule has 6 nitrogen and oxygen atoms in total. The molecule has 0 saturated carbocycles. The average Bonchev–Trinajstić information content (AvgIpc) is 3.02. The maximum atomic E-state index is 14.2. The summed E-state index contributed by atoms with van der Waals surface area (Å²) in [6, 6.07) is 0. The molecule has 0 bridgehead atoms. The number of anilines is 1. The van der Waals surface area contributed by atoms with Crippen molar-refractivity contribution in [3.63, 3.8) is 0 Å². The number of nitrogens with zero attached hydrogens (tertiary/aromatic N) is 5. The minimum Gasteiger partial charge on any atom is -0.354 e. The number of halogens is 1. The van der Waals surface area contributed by atoms with Gasteiger partial charge >= 0.3 is 0 Å². The SMILES string of the molecule is CCc1ncnc(N2CCC(c3ncn[nH]3)CC2)c1F. The van der Waals surface area contributed by atoms with Gasteiger partial charge in [0.2, 0.25) is 0 Å². The molecule has 1 aliphatic heterocycles. The molecule has 0 unspecified atom stereocenters. The maximum absolute atomic E-state index is 14.2. The van der Waals surface area contributed by atoms with Crippen LogP contribution >= 0.6 is 0 Å². The van der Waals surface area contributed by atoms with Crippen molar-refractivity contribution in [1.82, 2.24) is 25.1 Å². The first kappa shape index (κ1) is 13.0. The Bertz CT molecular complexity index is 562. The monoisotopic (exact) mass is 276 g/mol. The zero-order chi connectivity index (χ0) is 13.9. The van der Waals surface area contributed by atoms with Gasteiger partial charge in [-0.15, -0.1) is 0 Å². The van der Waals surface area contributed by atoms with Crippen LogP contribution in [0.1, 0.15) is 37.2 Å². The Kier molecular flexibility index (Phi) is 3.58. The van der Waals surface area contributed by atoms with Crippen molar-refractivity contribution in [2.24, 2.45) is 0 Å². The number of rotatable bonds is 3. The van der Waals surface area contributed by atoms with Gasteiger partial charge in [-0.25, -0.2) is 19.3 Å². The number of hydrogen-bond donors (Lipinski definition) is 1. The van der Waals surface area contributed by atoms with Crippen molar-refractivity contribution < 1.29 is 4.39 Å². The van der Waals surface area contributed by atoms with Crippen LogP contribution in [0.4, 0.5) is 10.2 Å². The molecular weight excluding hydrogens is 259 g/mol. The molecule has 1 saturated heterocycles. The molecule has 0 amide bonds. The first-order valence-corrected chi connectivity index (χ1v) is 6.89. The minimum absolute atomic E-state index is 0.284. The normalized spacial score (nSPS) is 16.6. The number of aromatic nitrogens is 5. The Morgan fingerprint density at radius 2 is 2.05 bits per heavy atom. The van der Waals surface area contributed by atoms with Gasteiger partial charge in [-0.05, 0) is 19.3 Å². The fraction of sp³-hybridized carbons (Fsp3) is 0.538. The van der Waals surface area contributed by atoms with E-state index >= 15 is 0 Å². The summed E-state index contributed by atoms with van der Waals surface area (Å²) in [5.74, 6) is 1.42. The van der Waals surface area contributed by atoms with Crippen LogP contribution < -0.4 is 4.90 Å². The van der Waals surface area contributed by atoms with Crippen LogP contribution in [0.3, 0.4) is 0 Å². The first-order chi connectivity index (χ1) is 9.79. The lowest BCUT2D eigenvalue weighted by Gasteiger charge is -2.32. The first-order valence-electron chi connectivity index (χ1n) is 6.89. The number of piperidine rings is 1. The average molecular weight is 276 g/mol. The van der Waals surface area contributed by atoms with Crippen LogP contribution in [0.2, 0.25) is 0 Å². The van der Waals surface area contributed by atoms with Gasteiger partial charge in [0.05, 0.1) is 5.69 Å². The van der Waals surface area contributed by atoms with Crippen molar-refractivity contribution in [2.45, 2.75) is 32.1 Å². The van der Waals surface area contributed by atoms with E-state index in [0.717, 1.165) is 31.8 Å². The van der Waals surface area contributed by atoms with Gasteiger partial charge in [-0.2, -0.15) is 5.10 Å². The standard InChI is InChI=1S/C13H17FN6/c1-2-10-11(14)13(17-7-15-10)20-5-3-9(4-6-20)12-16-8-18-19-12/h7-9H,2-6H2,1H3,(H,16,18,19). The van der Waals surface area contributed by atoms with Crippen LogP contribution in [0.15, 0.2) is 12.7 Å². The summed E-state index contributed by atoms with van der Waals surface area (Å²) in [5.41, 5.74) is 0.479. The smallest absolute Gasteiger partial charge is 0.187 e. The van der Waals surface area contributed by atoms with E-state index in [2.05, 4.69) is 25.1 Å². The topological polar surface area (TPSA) is 70.6 Å². The summed E-state index contributed by atoms with van der Waals surface area (Å²) in [6.07, 6.45) is 5.38. The third kappa shape index (κ3) is 2.35. The maximum Gasteiger partial charge on any atom is 0.187 e. The highest BCUT2D eigenvalue weighted by molar-refractivity contribution is 5.41. The van der Waals surface area contributed by atoms with Crippen molar-refractivity contribution in [1.29, 1.82) is 0 Å². The Balaban J connectivity index is 1.72. The third-order valence-corrected chi connectivity index (χ3v) is 3.79. The lowest BCUT2D eigenvalue weighted by atomic mass is 9.96. The Hall–Kier alpha value is -2.05. The van der Waals surface area contributed by atoms with Crippen LogP contribution in [0.5, 0.6) is 0 Å². The van der Waals surface area contributed by atoms with Gasteiger partial charge in [0, 0.05) is 19.0 Å². The summed E-state index contributed by atoms with van der Waals surface area (Å²) in [6.45, 7) is 3.43. The van der Waals surface area contributed by atoms with Crippen molar-refractivity contribution >= 4 is 5.82 Å². The van der Waals surface area contributed by atoms with E-state index in [1.165, 1.54) is 12.7 Å². The highest BCUT2D eigenvalue weighted by atomic mass is 19.1. The van der Waals surface area contributed by atoms with Crippen LogP contribution in [0, 0.1) is 5.82 Å². The highest BCUT2D eigenvalue weighted by Crippen LogP contribution is 2.28. The van der Waals surface area contributed by atoms with Gasteiger partial charge in [0.15, 0.2) is 11.6 Å². The van der Waals surface area contributed by atoms with Gasteiger partial charge in [0.1, 0.15) is 18.5 Å². The Labute approximate surface area is 116 Å². The predicted molar refractivity (Wildman–Crippen MR) is 71.9 cm³/mol. The molecule has 2 aromatic heterocycles. The number of H-pyrrole nitrogens is 1. The van der Waals surface area contributed by atoms with E-state index in [1.54, 1.807) is 0 Å². The molecule has 0 aliphatic carbocycles. The summed E-state index contributed by atoms with van der Waals surface area (Å²) in [4.78, 5) is 14.3. The molecule has 0 radical (unpaired) electrons. The van der Waals surface area contributed by atoms with E-state index in [1.807, 2.05) is 11.8 Å². The molecule has 1 fully saturated rings. The number of aromatic amines is 1. The molecule has 106 valence electrons. The molecular formula is C13H17FN6. The summed E-state index contributed by atoms with van der Waals surface area (Å²) in [7, 11) is 0. The molecule has 0 aromatic carbocycles. The Morgan fingerprint density at radius 3 is 2.70 bits per heavy atom. The fourth-order valence-electron chi connectivity index (χ4n) is 2.64. The number of aryl methyl sites for hydroxylation is 1. The van der Waals surface area contributed by atoms with Gasteiger partial charge < -0.3 is 4.90 Å². The van der Waals surface area contributed by atoms with Crippen molar-refractivity contribution in [3.8, 4) is 0 Å². The molecule has 3 heterocycles. The molecule has 0 atom stereocenters. The van der Waals surface area contributed by atoms with Crippen LogP contribution in [-0.2, 0) is 6.42 Å². The summed E-state index contributed by atoms with van der Waals surface area (Å²) < 4.78 is 14.2. The number of nitrogens with one attached hydrogen (secondary N) is 1. The Morgan fingerprint density at radius 1 is 1.25 bits per heavy atom. The largest absolute Gasteiger partial charge is 0.354 e. The second-order valence-corrected chi connectivity index (χ2v) is 4.94. The zero-order valence-corrected chi connectivity index (χ0v) is 11.4. The second kappa shape index (κ2) is 5.52. The van der Waals surface area contributed by atoms with E-state index in [4.69, 9.17) is 0 Å².